The van der Waals surface area contributed by atoms with Gasteiger partial charge in [0, 0.05) is 36.2 Å². The van der Waals surface area contributed by atoms with Crippen molar-refractivity contribution in [1.82, 2.24) is 10.3 Å². The van der Waals surface area contributed by atoms with Crippen LogP contribution in [0.25, 0.3) is 0 Å². The van der Waals surface area contributed by atoms with E-state index in [2.05, 4.69) is 10.3 Å². The molecule has 1 rings (SSSR count). The zero-order valence-corrected chi connectivity index (χ0v) is 12.7. The van der Waals surface area contributed by atoms with Gasteiger partial charge < -0.3 is 5.32 Å². The highest BCUT2D eigenvalue weighted by Crippen LogP contribution is 2.23. The van der Waals surface area contributed by atoms with Gasteiger partial charge in [-0.1, -0.05) is 6.92 Å². The van der Waals surface area contributed by atoms with E-state index in [-0.39, 0.29) is 17.2 Å². The molecule has 0 atom stereocenters. The number of rotatable bonds is 7. The van der Waals surface area contributed by atoms with Crippen LogP contribution in [0.15, 0.2) is 6.20 Å². The van der Waals surface area contributed by atoms with Gasteiger partial charge in [0.25, 0.3) is 5.69 Å². The number of sulfone groups is 1. The molecule has 0 spiro atoms. The number of aryl methyl sites for hydroxylation is 1. The predicted molar refractivity (Wildman–Crippen MR) is 76.4 cm³/mol. The third-order valence-corrected chi connectivity index (χ3v) is 4.79. The molecule has 7 nitrogen and oxygen atoms in total. The molecule has 112 valence electrons. The number of aromatic nitrogens is 1. The van der Waals surface area contributed by atoms with Gasteiger partial charge in [-0.05, 0) is 13.8 Å². The van der Waals surface area contributed by atoms with Gasteiger partial charge in [0.05, 0.1) is 16.4 Å². The van der Waals surface area contributed by atoms with Crippen molar-refractivity contribution in [3.63, 3.8) is 0 Å². The van der Waals surface area contributed by atoms with E-state index < -0.39 is 14.8 Å². The monoisotopic (exact) mass is 301 g/mol. The van der Waals surface area contributed by atoms with Crippen molar-refractivity contribution >= 4 is 15.5 Å². The molecule has 8 heteroatoms. The van der Waals surface area contributed by atoms with Crippen molar-refractivity contribution in [2.75, 3.05) is 18.1 Å². The molecule has 0 fully saturated rings. The van der Waals surface area contributed by atoms with Crippen molar-refractivity contribution in [2.45, 2.75) is 27.3 Å². The number of nitrogens with zero attached hydrogens (tertiary/aromatic N) is 2. The molecule has 1 aromatic heterocycles. The second-order valence-electron chi connectivity index (χ2n) is 4.53. The van der Waals surface area contributed by atoms with Crippen molar-refractivity contribution in [1.29, 1.82) is 0 Å². The lowest BCUT2D eigenvalue weighted by Gasteiger charge is -2.08. The topological polar surface area (TPSA) is 102 Å². The highest BCUT2D eigenvalue weighted by Gasteiger charge is 2.18. The molecular formula is C12H19N3O4S. The maximum absolute atomic E-state index is 11.3. The van der Waals surface area contributed by atoms with Gasteiger partial charge in [0.1, 0.15) is 0 Å². The second-order valence-corrected chi connectivity index (χ2v) is 7.00. The summed E-state index contributed by atoms with van der Waals surface area (Å²) in [4.78, 5) is 14.7. The average Bonchev–Trinajstić information content (AvgIpc) is 2.36. The number of pyridine rings is 1. The van der Waals surface area contributed by atoms with E-state index in [1.54, 1.807) is 20.8 Å². The van der Waals surface area contributed by atoms with Crippen LogP contribution in [0, 0.1) is 24.0 Å². The Hall–Kier alpha value is -1.54. The predicted octanol–water partition coefficient (Wildman–Crippen LogP) is 1.13. The molecule has 0 aromatic carbocycles. The van der Waals surface area contributed by atoms with Crippen LogP contribution in [-0.2, 0) is 16.4 Å². The Balaban J connectivity index is 2.71. The van der Waals surface area contributed by atoms with Crippen LogP contribution < -0.4 is 5.32 Å². The van der Waals surface area contributed by atoms with Crippen LogP contribution in [0.5, 0.6) is 0 Å². The van der Waals surface area contributed by atoms with Gasteiger partial charge in [0.2, 0.25) is 0 Å². The zero-order chi connectivity index (χ0) is 15.3. The van der Waals surface area contributed by atoms with Gasteiger partial charge in [-0.3, -0.25) is 15.1 Å². The molecule has 0 aliphatic heterocycles. The SMILES string of the molecule is CCS(=O)(=O)CCNCc1ncc(C)c([N+](=O)[O-])c1C. The molecule has 0 radical (unpaired) electrons. The van der Waals surface area contributed by atoms with E-state index in [0.29, 0.717) is 29.9 Å². The third-order valence-electron chi connectivity index (χ3n) is 3.08. The summed E-state index contributed by atoms with van der Waals surface area (Å²) in [5, 5.41) is 13.9. The lowest BCUT2D eigenvalue weighted by molar-refractivity contribution is -0.386. The van der Waals surface area contributed by atoms with Crippen molar-refractivity contribution < 1.29 is 13.3 Å². The first-order chi connectivity index (χ1) is 9.28. The Bertz CT molecular complexity index is 599. The normalized spacial score (nSPS) is 11.6. The molecule has 0 unspecified atom stereocenters. The second kappa shape index (κ2) is 6.76. The van der Waals surface area contributed by atoms with E-state index in [4.69, 9.17) is 0 Å². The zero-order valence-electron chi connectivity index (χ0n) is 11.8. The molecule has 0 bridgehead atoms. The maximum Gasteiger partial charge on any atom is 0.278 e. The summed E-state index contributed by atoms with van der Waals surface area (Å²) in [6.45, 7) is 5.51. The van der Waals surface area contributed by atoms with E-state index in [1.807, 2.05) is 0 Å². The molecule has 1 N–H and O–H groups in total. The number of hydrogen-bond acceptors (Lipinski definition) is 6. The lowest BCUT2D eigenvalue weighted by atomic mass is 10.1. The van der Waals surface area contributed by atoms with Gasteiger partial charge in [0.15, 0.2) is 9.84 Å². The first kappa shape index (κ1) is 16.5. The van der Waals surface area contributed by atoms with Crippen LogP contribution in [0.3, 0.4) is 0 Å². The minimum Gasteiger partial charge on any atom is -0.310 e. The number of nitro groups is 1. The first-order valence-corrected chi connectivity index (χ1v) is 8.11. The van der Waals surface area contributed by atoms with Gasteiger partial charge in [-0.15, -0.1) is 0 Å². The molecule has 20 heavy (non-hydrogen) atoms. The van der Waals surface area contributed by atoms with Crippen molar-refractivity contribution in [2.24, 2.45) is 0 Å². The van der Waals surface area contributed by atoms with Crippen molar-refractivity contribution in [3.8, 4) is 0 Å². The molecule has 0 amide bonds. The van der Waals surface area contributed by atoms with Crippen LogP contribution in [0.4, 0.5) is 5.69 Å². The average molecular weight is 301 g/mol. The Morgan fingerprint density at radius 1 is 1.40 bits per heavy atom. The van der Waals surface area contributed by atoms with E-state index >= 15 is 0 Å². The van der Waals surface area contributed by atoms with Crippen LogP contribution in [0.1, 0.15) is 23.7 Å². The molecule has 0 aliphatic carbocycles. The maximum atomic E-state index is 11.3. The van der Waals surface area contributed by atoms with E-state index in [0.717, 1.165) is 0 Å². The standard InChI is InChI=1S/C12H19N3O4S/c1-4-20(18,19)6-5-13-8-11-10(3)12(15(16)17)9(2)7-14-11/h7,13H,4-6,8H2,1-3H3. The molecule has 1 aromatic rings. The van der Waals surface area contributed by atoms with E-state index in [1.165, 1.54) is 6.20 Å². The summed E-state index contributed by atoms with van der Waals surface area (Å²) in [5.74, 6) is 0.165. The fourth-order valence-electron chi connectivity index (χ4n) is 1.80. The minimum atomic E-state index is -3.00. The molecule has 0 aliphatic rings. The Kier molecular flexibility index (Phi) is 5.58. The van der Waals surface area contributed by atoms with Crippen LogP contribution in [-0.4, -0.2) is 36.4 Å². The van der Waals surface area contributed by atoms with Crippen molar-refractivity contribution in [3.05, 3.63) is 33.1 Å². The lowest BCUT2D eigenvalue weighted by Crippen LogP contribution is -2.24. The Morgan fingerprint density at radius 3 is 2.60 bits per heavy atom. The number of nitrogens with one attached hydrogen (secondary N) is 1. The summed E-state index contributed by atoms with van der Waals surface area (Å²) >= 11 is 0. The molecule has 0 saturated heterocycles. The Labute approximate surface area is 118 Å². The van der Waals surface area contributed by atoms with Crippen LogP contribution in [0.2, 0.25) is 0 Å². The number of hydrogen-bond donors (Lipinski definition) is 1. The van der Waals surface area contributed by atoms with Crippen LogP contribution >= 0.6 is 0 Å². The summed E-state index contributed by atoms with van der Waals surface area (Å²) in [6.07, 6.45) is 1.46. The summed E-state index contributed by atoms with van der Waals surface area (Å²) < 4.78 is 22.6. The summed E-state index contributed by atoms with van der Waals surface area (Å²) in [6, 6.07) is 0. The summed E-state index contributed by atoms with van der Waals surface area (Å²) in [5.41, 5.74) is 1.67. The Morgan fingerprint density at radius 2 is 2.05 bits per heavy atom. The summed E-state index contributed by atoms with van der Waals surface area (Å²) in [7, 11) is -3.00. The van der Waals surface area contributed by atoms with Gasteiger partial charge in [-0.25, -0.2) is 8.42 Å². The quantitative estimate of drug-likeness (QED) is 0.460. The third kappa shape index (κ3) is 4.24. The first-order valence-electron chi connectivity index (χ1n) is 6.29. The smallest absolute Gasteiger partial charge is 0.278 e. The molecule has 0 saturated carbocycles. The fourth-order valence-corrected chi connectivity index (χ4v) is 2.55. The van der Waals surface area contributed by atoms with Gasteiger partial charge >= 0.3 is 0 Å². The highest BCUT2D eigenvalue weighted by atomic mass is 32.2. The van der Waals surface area contributed by atoms with Gasteiger partial charge in [-0.2, -0.15) is 0 Å². The fraction of sp³-hybridized carbons (Fsp3) is 0.583. The highest BCUT2D eigenvalue weighted by molar-refractivity contribution is 7.91. The minimum absolute atomic E-state index is 0.0521. The molecule has 1 heterocycles. The molecular weight excluding hydrogens is 282 g/mol. The van der Waals surface area contributed by atoms with E-state index in [9.17, 15) is 18.5 Å². The largest absolute Gasteiger partial charge is 0.310 e.